The standard InChI is InChI=1S/C15H15FN2O2/c1-17-15(20)11-3-5-12(6-4-11)18-9-10-2-7-14(19)13(16)8-10/h2-8,18-19H,9H2,1H3,(H,17,20). The van der Waals surface area contributed by atoms with Gasteiger partial charge in [0.2, 0.25) is 0 Å². The quantitative estimate of drug-likeness (QED) is 0.802. The van der Waals surface area contributed by atoms with Crippen LogP contribution < -0.4 is 10.6 Å². The molecule has 0 aromatic heterocycles. The van der Waals surface area contributed by atoms with Gasteiger partial charge in [0.05, 0.1) is 0 Å². The van der Waals surface area contributed by atoms with Crippen molar-refractivity contribution in [1.29, 1.82) is 0 Å². The number of nitrogens with one attached hydrogen (secondary N) is 2. The van der Waals surface area contributed by atoms with Crippen LogP contribution in [0.15, 0.2) is 42.5 Å². The second kappa shape index (κ2) is 6.06. The summed E-state index contributed by atoms with van der Waals surface area (Å²) in [4.78, 5) is 11.4. The molecule has 0 aliphatic heterocycles. The summed E-state index contributed by atoms with van der Waals surface area (Å²) in [6.07, 6.45) is 0. The fraction of sp³-hybridized carbons (Fsp3) is 0.133. The van der Waals surface area contributed by atoms with Crippen LogP contribution in [0.3, 0.4) is 0 Å². The Hall–Kier alpha value is -2.56. The van der Waals surface area contributed by atoms with Crippen molar-refractivity contribution in [3.05, 3.63) is 59.4 Å². The van der Waals surface area contributed by atoms with Crippen molar-refractivity contribution in [2.24, 2.45) is 0 Å². The molecule has 0 saturated heterocycles. The number of rotatable bonds is 4. The summed E-state index contributed by atoms with van der Waals surface area (Å²) in [7, 11) is 1.58. The number of hydrogen-bond acceptors (Lipinski definition) is 3. The molecule has 4 nitrogen and oxygen atoms in total. The number of benzene rings is 2. The maximum absolute atomic E-state index is 13.2. The topological polar surface area (TPSA) is 61.4 Å². The lowest BCUT2D eigenvalue weighted by Crippen LogP contribution is -2.17. The summed E-state index contributed by atoms with van der Waals surface area (Å²) in [6.45, 7) is 0.427. The maximum atomic E-state index is 13.2. The fourth-order valence-corrected chi connectivity index (χ4v) is 1.75. The van der Waals surface area contributed by atoms with Gasteiger partial charge >= 0.3 is 0 Å². The van der Waals surface area contributed by atoms with Crippen LogP contribution in [0.1, 0.15) is 15.9 Å². The van der Waals surface area contributed by atoms with Crippen LogP contribution >= 0.6 is 0 Å². The fourth-order valence-electron chi connectivity index (χ4n) is 1.75. The average molecular weight is 274 g/mol. The third-order valence-electron chi connectivity index (χ3n) is 2.88. The Bertz CT molecular complexity index is 612. The van der Waals surface area contributed by atoms with Crippen molar-refractivity contribution in [3.63, 3.8) is 0 Å². The second-order valence-corrected chi connectivity index (χ2v) is 4.30. The van der Waals surface area contributed by atoms with Gasteiger partial charge in [-0.3, -0.25) is 4.79 Å². The zero-order valence-electron chi connectivity index (χ0n) is 11.0. The predicted molar refractivity (Wildman–Crippen MR) is 75.2 cm³/mol. The van der Waals surface area contributed by atoms with E-state index in [1.165, 1.54) is 12.1 Å². The van der Waals surface area contributed by atoms with Crippen LogP contribution in [0.5, 0.6) is 5.75 Å². The molecular formula is C15H15FN2O2. The molecule has 0 spiro atoms. The third-order valence-corrected chi connectivity index (χ3v) is 2.88. The number of carbonyl (C=O) groups excluding carboxylic acids is 1. The van der Waals surface area contributed by atoms with Gasteiger partial charge in [0.1, 0.15) is 0 Å². The van der Waals surface area contributed by atoms with Gasteiger partial charge in [0.15, 0.2) is 11.6 Å². The number of amides is 1. The molecule has 0 aliphatic carbocycles. The van der Waals surface area contributed by atoms with Crippen molar-refractivity contribution >= 4 is 11.6 Å². The molecule has 0 bridgehead atoms. The summed E-state index contributed by atoms with van der Waals surface area (Å²) in [5, 5.41) is 14.8. The molecule has 0 saturated carbocycles. The predicted octanol–water partition coefficient (Wildman–Crippen LogP) is 2.50. The summed E-state index contributed by atoms with van der Waals surface area (Å²) >= 11 is 0. The number of carbonyl (C=O) groups is 1. The summed E-state index contributed by atoms with van der Waals surface area (Å²) in [5.74, 6) is -1.14. The Kier molecular flexibility index (Phi) is 4.20. The third kappa shape index (κ3) is 3.26. The molecule has 0 atom stereocenters. The maximum Gasteiger partial charge on any atom is 0.251 e. The molecule has 5 heteroatoms. The highest BCUT2D eigenvalue weighted by molar-refractivity contribution is 5.94. The van der Waals surface area contributed by atoms with Crippen LogP contribution in [-0.4, -0.2) is 18.1 Å². The van der Waals surface area contributed by atoms with Gasteiger partial charge in [-0.25, -0.2) is 4.39 Å². The molecule has 3 N–H and O–H groups in total. The lowest BCUT2D eigenvalue weighted by Gasteiger charge is -2.08. The molecule has 0 heterocycles. The molecule has 0 aliphatic rings. The largest absolute Gasteiger partial charge is 0.505 e. The zero-order valence-corrected chi connectivity index (χ0v) is 11.0. The first kappa shape index (κ1) is 13.9. The first-order chi connectivity index (χ1) is 9.60. The minimum atomic E-state index is -0.640. The molecule has 0 unspecified atom stereocenters. The SMILES string of the molecule is CNC(=O)c1ccc(NCc2ccc(O)c(F)c2)cc1. The highest BCUT2D eigenvalue weighted by Gasteiger charge is 2.03. The molecule has 104 valence electrons. The van der Waals surface area contributed by atoms with Crippen molar-refractivity contribution in [2.45, 2.75) is 6.54 Å². The van der Waals surface area contributed by atoms with Crippen LogP contribution in [0.25, 0.3) is 0 Å². The number of hydrogen-bond donors (Lipinski definition) is 3. The van der Waals surface area contributed by atoms with Crippen LogP contribution in [-0.2, 0) is 6.54 Å². The monoisotopic (exact) mass is 274 g/mol. The minimum absolute atomic E-state index is 0.142. The summed E-state index contributed by atoms with van der Waals surface area (Å²) < 4.78 is 13.2. The van der Waals surface area contributed by atoms with E-state index in [2.05, 4.69) is 10.6 Å². The number of aromatic hydroxyl groups is 1. The molecule has 2 aromatic carbocycles. The first-order valence-electron chi connectivity index (χ1n) is 6.13. The van der Waals surface area contributed by atoms with Gasteiger partial charge < -0.3 is 15.7 Å². The van der Waals surface area contributed by atoms with E-state index in [1.54, 1.807) is 37.4 Å². The van der Waals surface area contributed by atoms with Crippen LogP contribution in [0, 0.1) is 5.82 Å². The minimum Gasteiger partial charge on any atom is -0.505 e. The zero-order chi connectivity index (χ0) is 14.5. The van der Waals surface area contributed by atoms with E-state index in [-0.39, 0.29) is 11.7 Å². The van der Waals surface area contributed by atoms with Gasteiger partial charge in [-0.2, -0.15) is 0 Å². The molecule has 0 fully saturated rings. The second-order valence-electron chi connectivity index (χ2n) is 4.30. The van der Waals surface area contributed by atoms with E-state index in [1.807, 2.05) is 0 Å². The van der Waals surface area contributed by atoms with Gasteiger partial charge in [-0.1, -0.05) is 6.07 Å². The Balaban J connectivity index is 2.00. The van der Waals surface area contributed by atoms with Gasteiger partial charge in [-0.15, -0.1) is 0 Å². The number of anilines is 1. The van der Waals surface area contributed by atoms with Crippen molar-refractivity contribution < 1.29 is 14.3 Å². The van der Waals surface area contributed by atoms with E-state index in [4.69, 9.17) is 5.11 Å². The Morgan fingerprint density at radius 1 is 1.20 bits per heavy atom. The summed E-state index contributed by atoms with van der Waals surface area (Å²) in [6, 6.07) is 11.2. The smallest absolute Gasteiger partial charge is 0.251 e. The van der Waals surface area contributed by atoms with E-state index in [9.17, 15) is 9.18 Å². The summed E-state index contributed by atoms with van der Waals surface area (Å²) in [5.41, 5.74) is 2.12. The Morgan fingerprint density at radius 2 is 1.90 bits per heavy atom. The van der Waals surface area contributed by atoms with Crippen LogP contribution in [0.4, 0.5) is 10.1 Å². The molecule has 2 rings (SSSR count). The Labute approximate surface area is 116 Å². The first-order valence-corrected chi connectivity index (χ1v) is 6.13. The molecular weight excluding hydrogens is 259 g/mol. The highest BCUT2D eigenvalue weighted by Crippen LogP contribution is 2.17. The molecule has 0 radical (unpaired) electrons. The van der Waals surface area contributed by atoms with E-state index >= 15 is 0 Å². The normalized spacial score (nSPS) is 10.1. The van der Waals surface area contributed by atoms with Crippen molar-refractivity contribution in [1.82, 2.24) is 5.32 Å². The van der Waals surface area contributed by atoms with Gasteiger partial charge in [0.25, 0.3) is 5.91 Å². The number of halogens is 1. The van der Waals surface area contributed by atoms with Crippen molar-refractivity contribution in [2.75, 3.05) is 12.4 Å². The molecule has 2 aromatic rings. The lowest BCUT2D eigenvalue weighted by molar-refractivity contribution is 0.0963. The van der Waals surface area contributed by atoms with Gasteiger partial charge in [0, 0.05) is 24.8 Å². The average Bonchev–Trinajstić information content (AvgIpc) is 2.48. The number of phenols is 1. The highest BCUT2D eigenvalue weighted by atomic mass is 19.1. The molecule has 20 heavy (non-hydrogen) atoms. The van der Waals surface area contributed by atoms with Crippen LogP contribution in [0.2, 0.25) is 0 Å². The van der Waals surface area contributed by atoms with E-state index in [0.717, 1.165) is 11.3 Å². The molecule has 1 amide bonds. The van der Waals surface area contributed by atoms with E-state index < -0.39 is 5.82 Å². The lowest BCUT2D eigenvalue weighted by atomic mass is 10.1. The number of phenolic OH excluding ortho intramolecular Hbond substituents is 1. The van der Waals surface area contributed by atoms with E-state index in [0.29, 0.717) is 12.1 Å². The van der Waals surface area contributed by atoms with Crippen molar-refractivity contribution in [3.8, 4) is 5.75 Å². The van der Waals surface area contributed by atoms with Gasteiger partial charge in [-0.05, 0) is 42.0 Å². The Morgan fingerprint density at radius 3 is 2.50 bits per heavy atom.